The van der Waals surface area contributed by atoms with Crippen molar-refractivity contribution in [1.29, 1.82) is 0 Å². The van der Waals surface area contributed by atoms with Gasteiger partial charge in [0.05, 0.1) is 24.0 Å². The van der Waals surface area contributed by atoms with Crippen LogP contribution in [-0.4, -0.2) is 21.7 Å². The maximum Gasteiger partial charge on any atom is 0.214 e. The van der Waals surface area contributed by atoms with Crippen molar-refractivity contribution < 1.29 is 4.74 Å². The molecule has 4 rings (SSSR count). The van der Waals surface area contributed by atoms with E-state index in [1.807, 2.05) is 54.7 Å². The summed E-state index contributed by atoms with van der Waals surface area (Å²) in [7, 11) is 1.66. The number of anilines is 1. The van der Waals surface area contributed by atoms with Gasteiger partial charge in [-0.25, -0.2) is 9.50 Å². The molecular weight excluding hydrogens is 356 g/mol. The summed E-state index contributed by atoms with van der Waals surface area (Å²) in [5.74, 6) is 0.851. The molecule has 126 valence electrons. The number of rotatable bonds is 5. The predicted octanol–water partition coefficient (Wildman–Crippen LogP) is 4.73. The lowest BCUT2D eigenvalue weighted by Gasteiger charge is -2.04. The van der Waals surface area contributed by atoms with Crippen LogP contribution in [0.5, 0.6) is 5.75 Å². The van der Waals surface area contributed by atoms with E-state index in [4.69, 9.17) is 16.3 Å². The van der Waals surface area contributed by atoms with E-state index in [-0.39, 0.29) is 0 Å². The van der Waals surface area contributed by atoms with E-state index < -0.39 is 0 Å². The van der Waals surface area contributed by atoms with Crippen molar-refractivity contribution in [1.82, 2.24) is 14.6 Å². The summed E-state index contributed by atoms with van der Waals surface area (Å²) in [4.78, 5) is 5.45. The van der Waals surface area contributed by atoms with E-state index in [9.17, 15) is 0 Å². The molecule has 0 radical (unpaired) electrons. The molecule has 0 aliphatic rings. The summed E-state index contributed by atoms with van der Waals surface area (Å²) in [6.45, 7) is 0.692. The molecule has 1 N–H and O–H groups in total. The minimum absolute atomic E-state index is 0.686. The maximum atomic E-state index is 6.24. The number of hydrogen-bond acceptors (Lipinski definition) is 5. The normalized spacial score (nSPS) is 11.0. The predicted molar refractivity (Wildman–Crippen MR) is 102 cm³/mol. The van der Waals surface area contributed by atoms with Gasteiger partial charge in [-0.05, 0) is 23.8 Å². The van der Waals surface area contributed by atoms with Crippen molar-refractivity contribution in [3.63, 3.8) is 0 Å². The van der Waals surface area contributed by atoms with E-state index in [2.05, 4.69) is 15.4 Å². The zero-order chi connectivity index (χ0) is 17.2. The summed E-state index contributed by atoms with van der Waals surface area (Å²) < 4.78 is 6.94. The van der Waals surface area contributed by atoms with Gasteiger partial charge in [-0.15, -0.1) is 5.10 Å². The van der Waals surface area contributed by atoms with Gasteiger partial charge in [-0.2, -0.15) is 0 Å². The van der Waals surface area contributed by atoms with Crippen LogP contribution in [0.25, 0.3) is 16.2 Å². The number of hydrogen-bond donors (Lipinski definition) is 1. The number of benzene rings is 2. The Bertz CT molecular complexity index is 978. The quantitative estimate of drug-likeness (QED) is 0.551. The number of imidazole rings is 1. The molecule has 2 aromatic heterocycles. The summed E-state index contributed by atoms with van der Waals surface area (Å²) >= 11 is 7.74. The Morgan fingerprint density at radius 2 is 1.96 bits per heavy atom. The molecule has 0 saturated heterocycles. The second kappa shape index (κ2) is 6.74. The minimum atomic E-state index is 0.686. The van der Waals surface area contributed by atoms with Crippen molar-refractivity contribution in [2.75, 3.05) is 12.4 Å². The molecule has 4 aromatic rings. The molecule has 2 aromatic carbocycles. The molecule has 0 spiro atoms. The number of nitrogens with one attached hydrogen (secondary N) is 1. The van der Waals surface area contributed by atoms with Gasteiger partial charge in [0.25, 0.3) is 0 Å². The molecule has 2 heterocycles. The first-order chi connectivity index (χ1) is 12.2. The van der Waals surface area contributed by atoms with Gasteiger partial charge in [0.2, 0.25) is 10.1 Å². The number of methoxy groups -OCH3 is 1. The van der Waals surface area contributed by atoms with Gasteiger partial charge in [0.15, 0.2) is 0 Å². The molecule has 0 atom stereocenters. The Kier molecular flexibility index (Phi) is 4.29. The Morgan fingerprint density at radius 1 is 1.16 bits per heavy atom. The van der Waals surface area contributed by atoms with Crippen LogP contribution in [0.1, 0.15) is 5.56 Å². The first-order valence-electron chi connectivity index (χ1n) is 7.71. The topological polar surface area (TPSA) is 51.5 Å². The van der Waals surface area contributed by atoms with E-state index in [1.165, 1.54) is 11.3 Å². The van der Waals surface area contributed by atoms with Crippen LogP contribution in [0, 0.1) is 0 Å². The van der Waals surface area contributed by atoms with Gasteiger partial charge < -0.3 is 10.1 Å². The van der Waals surface area contributed by atoms with Gasteiger partial charge in [-0.3, -0.25) is 0 Å². The first-order valence-corrected chi connectivity index (χ1v) is 8.90. The highest BCUT2D eigenvalue weighted by atomic mass is 35.5. The second-order valence-electron chi connectivity index (χ2n) is 5.44. The van der Waals surface area contributed by atoms with Crippen molar-refractivity contribution in [2.45, 2.75) is 6.54 Å². The van der Waals surface area contributed by atoms with Crippen LogP contribution in [0.4, 0.5) is 5.13 Å². The van der Waals surface area contributed by atoms with Crippen LogP contribution >= 0.6 is 22.9 Å². The summed E-state index contributed by atoms with van der Waals surface area (Å²) in [6, 6.07) is 15.6. The van der Waals surface area contributed by atoms with Crippen LogP contribution in [0.2, 0.25) is 5.02 Å². The lowest BCUT2D eigenvalue weighted by Crippen LogP contribution is -1.99. The van der Waals surface area contributed by atoms with Gasteiger partial charge >= 0.3 is 0 Å². The zero-order valence-electron chi connectivity index (χ0n) is 13.4. The van der Waals surface area contributed by atoms with Gasteiger partial charge in [0, 0.05) is 12.1 Å². The molecule has 0 bridgehead atoms. The fourth-order valence-electron chi connectivity index (χ4n) is 2.49. The van der Waals surface area contributed by atoms with Crippen molar-refractivity contribution in [3.05, 3.63) is 65.3 Å². The van der Waals surface area contributed by atoms with Crippen LogP contribution < -0.4 is 10.1 Å². The lowest BCUT2D eigenvalue weighted by molar-refractivity contribution is 0.414. The van der Waals surface area contributed by atoms with Gasteiger partial charge in [0.1, 0.15) is 5.75 Å². The third-order valence-corrected chi connectivity index (χ3v) is 5.01. The largest absolute Gasteiger partial charge is 0.497 e. The molecule has 0 fully saturated rings. The highest BCUT2D eigenvalue weighted by Crippen LogP contribution is 2.29. The summed E-state index contributed by atoms with van der Waals surface area (Å²) in [6.07, 6.45) is 1.89. The molecule has 25 heavy (non-hydrogen) atoms. The average Bonchev–Trinajstić information content (AvgIpc) is 3.19. The van der Waals surface area contributed by atoms with Gasteiger partial charge in [-0.1, -0.05) is 53.3 Å². The van der Waals surface area contributed by atoms with Crippen LogP contribution in [-0.2, 0) is 6.54 Å². The van der Waals surface area contributed by atoms with E-state index >= 15 is 0 Å². The van der Waals surface area contributed by atoms with Crippen molar-refractivity contribution in [2.24, 2.45) is 0 Å². The van der Waals surface area contributed by atoms with E-state index in [0.717, 1.165) is 32.7 Å². The number of aromatic nitrogens is 3. The zero-order valence-corrected chi connectivity index (χ0v) is 15.0. The highest BCUT2D eigenvalue weighted by molar-refractivity contribution is 7.20. The molecule has 0 amide bonds. The smallest absolute Gasteiger partial charge is 0.214 e. The van der Waals surface area contributed by atoms with Crippen LogP contribution in [0.3, 0.4) is 0 Å². The molecular formula is C18H15ClN4OS. The molecule has 0 aliphatic heterocycles. The van der Waals surface area contributed by atoms with Crippen molar-refractivity contribution >= 4 is 33.0 Å². The number of ether oxygens (including phenoxy) is 1. The first kappa shape index (κ1) is 15.9. The SMILES string of the molecule is COc1ccc(CNc2nn3cc(-c4ccccc4Cl)nc3s2)cc1. The number of nitrogens with zero attached hydrogens (tertiary/aromatic N) is 3. The summed E-state index contributed by atoms with van der Waals surface area (Å²) in [5, 5.41) is 9.36. The number of fused-ring (bicyclic) bond motifs is 1. The van der Waals surface area contributed by atoms with E-state index in [0.29, 0.717) is 11.6 Å². The lowest BCUT2D eigenvalue weighted by atomic mass is 10.2. The van der Waals surface area contributed by atoms with Crippen molar-refractivity contribution in [3.8, 4) is 17.0 Å². The van der Waals surface area contributed by atoms with Crippen LogP contribution in [0.15, 0.2) is 54.7 Å². The average molecular weight is 371 g/mol. The third-order valence-electron chi connectivity index (χ3n) is 3.80. The second-order valence-corrected chi connectivity index (χ2v) is 6.81. The summed E-state index contributed by atoms with van der Waals surface area (Å²) in [5.41, 5.74) is 2.89. The molecule has 0 aliphatic carbocycles. The Labute approximate surface area is 153 Å². The standard InChI is InChI=1S/C18H15ClN4OS/c1-24-13-8-6-12(7-9-13)10-20-17-22-23-11-16(21-18(23)25-17)14-4-2-3-5-15(14)19/h2-9,11H,10H2,1H3,(H,20,22). The Hall–Kier alpha value is -2.57. The monoisotopic (exact) mass is 370 g/mol. The molecule has 0 unspecified atom stereocenters. The molecule has 5 nitrogen and oxygen atoms in total. The molecule has 0 saturated carbocycles. The fraction of sp³-hybridized carbons (Fsp3) is 0.111. The minimum Gasteiger partial charge on any atom is -0.497 e. The van der Waals surface area contributed by atoms with E-state index in [1.54, 1.807) is 11.6 Å². The Morgan fingerprint density at radius 3 is 2.68 bits per heavy atom. The highest BCUT2D eigenvalue weighted by Gasteiger charge is 2.11. The Balaban J connectivity index is 1.50. The third kappa shape index (κ3) is 3.31. The molecule has 7 heteroatoms. The maximum absolute atomic E-state index is 6.24. The fourth-order valence-corrected chi connectivity index (χ4v) is 3.50. The number of halogens is 1.